The number of carbonyl (C=O) groups excluding carboxylic acids is 6. The first-order chi connectivity index (χ1) is 23.3. The topological polar surface area (TPSA) is 225 Å². The molecule has 0 spiro atoms. The molecule has 2 aliphatic rings. The maximum absolute atomic E-state index is 13.7. The molecule has 3 aromatic rings. The zero-order valence-electron chi connectivity index (χ0n) is 26.0. The molecule has 2 aromatic carbocycles. The molecule has 16 nitrogen and oxygen atoms in total. The third kappa shape index (κ3) is 7.15. The van der Waals surface area contributed by atoms with Gasteiger partial charge >= 0.3 is 23.9 Å². The van der Waals surface area contributed by atoms with Crippen LogP contribution in [0.5, 0.6) is 11.5 Å². The monoisotopic (exact) mass is 693 g/mol. The van der Waals surface area contributed by atoms with Crippen LogP contribution in [0.1, 0.15) is 42.7 Å². The minimum absolute atomic E-state index is 0.102. The first kappa shape index (κ1) is 34.4. The van der Waals surface area contributed by atoms with E-state index in [9.17, 15) is 43.5 Å². The Morgan fingerprint density at radius 1 is 0.980 bits per heavy atom. The number of benzene rings is 2. The van der Waals surface area contributed by atoms with Crippen molar-refractivity contribution in [2.24, 2.45) is 0 Å². The van der Waals surface area contributed by atoms with E-state index in [0.29, 0.717) is 0 Å². The molecule has 254 valence electrons. The van der Waals surface area contributed by atoms with Gasteiger partial charge in [-0.2, -0.15) is 0 Å². The number of carboxylic acids is 1. The van der Waals surface area contributed by atoms with Gasteiger partial charge in [-0.1, -0.05) is 30.3 Å². The van der Waals surface area contributed by atoms with Crippen LogP contribution < -0.4 is 25.5 Å². The number of carboxylic acid groups (broad SMARTS) is 1. The summed E-state index contributed by atoms with van der Waals surface area (Å²) in [4.78, 5) is 101. The summed E-state index contributed by atoms with van der Waals surface area (Å²) in [6.45, 7) is 3.05. The van der Waals surface area contributed by atoms with E-state index >= 15 is 0 Å². The van der Waals surface area contributed by atoms with Crippen LogP contribution in [0.4, 0.5) is 0 Å². The lowest BCUT2D eigenvalue weighted by Crippen LogP contribution is -2.71. The van der Waals surface area contributed by atoms with Crippen molar-refractivity contribution in [1.29, 1.82) is 0 Å². The molecule has 1 fully saturated rings. The van der Waals surface area contributed by atoms with E-state index in [0.717, 1.165) is 48.9 Å². The summed E-state index contributed by atoms with van der Waals surface area (Å²) in [6.07, 6.45) is 0.849. The van der Waals surface area contributed by atoms with E-state index in [1.807, 2.05) is 0 Å². The summed E-state index contributed by atoms with van der Waals surface area (Å²) >= 11 is 1.16. The Balaban J connectivity index is 1.41. The number of thioether (sulfide) groups is 1. The molecular formula is C32H27N3O13S. The highest BCUT2D eigenvalue weighted by Crippen LogP contribution is 2.40. The number of esters is 3. The van der Waals surface area contributed by atoms with Crippen molar-refractivity contribution >= 4 is 64.3 Å². The minimum Gasteiger partial charge on any atom is -0.477 e. The Hall–Kier alpha value is -5.97. The fraction of sp³-hybridized carbons (Fsp3) is 0.250. The molecule has 0 radical (unpaired) electrons. The van der Waals surface area contributed by atoms with Crippen molar-refractivity contribution in [3.63, 3.8) is 0 Å². The highest BCUT2D eigenvalue weighted by atomic mass is 32.2. The summed E-state index contributed by atoms with van der Waals surface area (Å²) in [7, 11) is 0. The highest BCUT2D eigenvalue weighted by Gasteiger charge is 2.54. The third-order valence-corrected chi connectivity index (χ3v) is 8.60. The number of carbonyl (C=O) groups is 7. The van der Waals surface area contributed by atoms with Crippen LogP contribution in [0.15, 0.2) is 69.2 Å². The summed E-state index contributed by atoms with van der Waals surface area (Å²) in [5.41, 5.74) is -1.33. The van der Waals surface area contributed by atoms with Gasteiger partial charge in [0.05, 0.1) is 5.39 Å². The maximum atomic E-state index is 13.7. The fourth-order valence-corrected chi connectivity index (χ4v) is 6.46. The van der Waals surface area contributed by atoms with Crippen LogP contribution in [0.2, 0.25) is 0 Å². The number of rotatable bonds is 10. The zero-order chi connectivity index (χ0) is 35.6. The van der Waals surface area contributed by atoms with Crippen molar-refractivity contribution in [2.75, 3.05) is 12.4 Å². The van der Waals surface area contributed by atoms with Gasteiger partial charge in [-0.05, 0) is 11.6 Å². The molecule has 1 saturated heterocycles. The van der Waals surface area contributed by atoms with E-state index in [2.05, 4.69) is 10.6 Å². The lowest BCUT2D eigenvalue weighted by molar-refractivity contribution is -0.151. The minimum atomic E-state index is -1.43. The number of fused-ring (bicyclic) bond motifs is 2. The van der Waals surface area contributed by atoms with Crippen LogP contribution >= 0.6 is 11.8 Å². The van der Waals surface area contributed by atoms with Crippen molar-refractivity contribution in [1.82, 2.24) is 15.5 Å². The Bertz CT molecular complexity index is 2010. The Morgan fingerprint density at radius 3 is 2.24 bits per heavy atom. The molecule has 49 heavy (non-hydrogen) atoms. The quantitative estimate of drug-likeness (QED) is 0.155. The number of amides is 3. The lowest BCUT2D eigenvalue weighted by Gasteiger charge is -2.49. The van der Waals surface area contributed by atoms with Gasteiger partial charge in [-0.25, -0.2) is 4.79 Å². The molecule has 1 unspecified atom stereocenters. The Kier molecular flexibility index (Phi) is 9.84. The van der Waals surface area contributed by atoms with Crippen molar-refractivity contribution < 1.29 is 57.3 Å². The van der Waals surface area contributed by atoms with Crippen molar-refractivity contribution in [3.05, 3.63) is 81.3 Å². The molecule has 1 aromatic heterocycles. The SMILES string of the molecule is CC(=O)OCC1=C(C(=O)O)N2C(=O)[C@@H](NC(=O)C(NC(=O)c3coc4cc(OC(C)=O)c(OC(C)=O)cc4c3=O)c3ccccc3)[C@@H]2SC1. The van der Waals surface area contributed by atoms with Gasteiger partial charge in [0, 0.05) is 38.2 Å². The predicted octanol–water partition coefficient (Wildman–Crippen LogP) is 1.42. The average Bonchev–Trinajstić information content (AvgIpc) is 3.04. The second-order valence-corrected chi connectivity index (χ2v) is 11.8. The van der Waals surface area contributed by atoms with Crippen LogP contribution in [0.3, 0.4) is 0 Å². The normalized spacial score (nSPS) is 17.3. The molecule has 0 bridgehead atoms. The van der Waals surface area contributed by atoms with Gasteiger partial charge in [-0.3, -0.25) is 38.5 Å². The molecule has 17 heteroatoms. The molecule has 0 aliphatic carbocycles. The van der Waals surface area contributed by atoms with E-state index in [4.69, 9.17) is 18.6 Å². The van der Waals surface area contributed by atoms with Gasteiger partial charge in [-0.15, -0.1) is 11.8 Å². The van der Waals surface area contributed by atoms with Gasteiger partial charge in [0.15, 0.2) is 11.5 Å². The van der Waals surface area contributed by atoms with Gasteiger partial charge in [0.2, 0.25) is 11.3 Å². The highest BCUT2D eigenvalue weighted by molar-refractivity contribution is 8.00. The standard InChI is InChI=1S/C32H27N3O13S/c1-14(36)45-11-18-13-49-31-25(30(42)35(31)26(18)32(43)44)34-29(41)24(17-7-5-4-6-8-17)33-28(40)20-12-46-21-10-23(48-16(3)38)22(47-15(2)37)9-19(21)27(20)39/h4-10,12,24-25,31H,11,13H2,1-3H3,(H,33,40)(H,34,41)(H,43,44)/t24?,25-,31+/m1/s1. The van der Waals surface area contributed by atoms with E-state index in [1.54, 1.807) is 18.2 Å². The molecule has 5 rings (SSSR count). The van der Waals surface area contributed by atoms with Crippen molar-refractivity contribution in [2.45, 2.75) is 38.2 Å². The average molecular weight is 694 g/mol. The lowest BCUT2D eigenvalue weighted by atomic mass is 10.0. The number of nitrogens with one attached hydrogen (secondary N) is 2. The molecule has 3 N–H and O–H groups in total. The molecule has 3 atom stereocenters. The number of ether oxygens (including phenoxy) is 3. The number of aliphatic carboxylic acids is 1. The second-order valence-electron chi connectivity index (χ2n) is 10.7. The maximum Gasteiger partial charge on any atom is 0.352 e. The largest absolute Gasteiger partial charge is 0.477 e. The van der Waals surface area contributed by atoms with Crippen molar-refractivity contribution in [3.8, 4) is 11.5 Å². The predicted molar refractivity (Wildman–Crippen MR) is 168 cm³/mol. The smallest absolute Gasteiger partial charge is 0.352 e. The number of hydrogen-bond donors (Lipinski definition) is 3. The third-order valence-electron chi connectivity index (χ3n) is 7.26. The first-order valence-electron chi connectivity index (χ1n) is 14.4. The Morgan fingerprint density at radius 2 is 1.63 bits per heavy atom. The van der Waals surface area contributed by atoms with Crippen LogP contribution in [-0.2, 0) is 33.5 Å². The zero-order valence-corrected chi connectivity index (χ0v) is 26.8. The van der Waals surface area contributed by atoms with Gasteiger partial charge in [0.1, 0.15) is 47.2 Å². The van der Waals surface area contributed by atoms with Crippen LogP contribution in [-0.4, -0.2) is 75.4 Å². The van der Waals surface area contributed by atoms with Gasteiger partial charge in [0.25, 0.3) is 11.8 Å². The van der Waals surface area contributed by atoms with E-state index < -0.39 is 70.0 Å². The van der Waals surface area contributed by atoms with Gasteiger partial charge < -0.3 is 34.4 Å². The summed E-state index contributed by atoms with van der Waals surface area (Å²) in [5, 5.41) is 13.9. The summed E-state index contributed by atoms with van der Waals surface area (Å²) in [5.74, 6) is -6.52. The van der Waals surface area contributed by atoms with E-state index in [1.165, 1.54) is 19.1 Å². The van der Waals surface area contributed by atoms with Crippen LogP contribution in [0.25, 0.3) is 11.0 Å². The van der Waals surface area contributed by atoms with E-state index in [-0.39, 0.29) is 51.7 Å². The number of β-lactam (4-membered cyclic amide) rings is 1. The fourth-order valence-electron chi connectivity index (χ4n) is 5.14. The second kappa shape index (κ2) is 14.0. The molecular weight excluding hydrogens is 666 g/mol. The molecule has 3 amide bonds. The first-order valence-corrected chi connectivity index (χ1v) is 15.5. The Labute approximate surface area is 280 Å². The molecule has 0 saturated carbocycles. The number of nitrogens with zero attached hydrogens (tertiary/aromatic N) is 1. The molecule has 3 heterocycles. The number of hydrogen-bond acceptors (Lipinski definition) is 13. The van der Waals surface area contributed by atoms with Crippen LogP contribution in [0, 0.1) is 0 Å². The summed E-state index contributed by atoms with van der Waals surface area (Å²) < 4.78 is 20.5. The molecule has 2 aliphatic heterocycles. The summed E-state index contributed by atoms with van der Waals surface area (Å²) in [6, 6.07) is 7.56.